The van der Waals surface area contributed by atoms with E-state index in [1.165, 1.54) is 25.3 Å². The average molecular weight is 571 g/mol. The van der Waals surface area contributed by atoms with Crippen molar-refractivity contribution < 1.29 is 33.3 Å². The van der Waals surface area contributed by atoms with E-state index in [-0.39, 0.29) is 16.7 Å². The van der Waals surface area contributed by atoms with Crippen LogP contribution in [-0.2, 0) is 18.9 Å². The minimum atomic E-state index is -1.84. The number of hydrogen-bond donors (Lipinski definition) is 1. The van der Waals surface area contributed by atoms with E-state index in [0.717, 1.165) is 10.6 Å². The monoisotopic (exact) mass is 570 g/mol. The van der Waals surface area contributed by atoms with Gasteiger partial charge in [-0.3, -0.25) is 14.3 Å². The number of nitrogens with zero attached hydrogens (tertiary/aromatic N) is 1. The van der Waals surface area contributed by atoms with Gasteiger partial charge in [-0.15, -0.1) is 0 Å². The summed E-state index contributed by atoms with van der Waals surface area (Å²) in [5.74, 6) is -2.22. The minimum absolute atomic E-state index is 0.193. The van der Waals surface area contributed by atoms with E-state index in [0.29, 0.717) is 0 Å². The summed E-state index contributed by atoms with van der Waals surface area (Å²) < 4.78 is 24.6. The van der Waals surface area contributed by atoms with E-state index >= 15 is 0 Å². The molecule has 1 aliphatic rings. The fourth-order valence-electron chi connectivity index (χ4n) is 4.67. The number of rotatable bonds is 8. The molecule has 1 N–H and O–H groups in total. The predicted octanol–water partition coefficient (Wildman–Crippen LogP) is 3.13. The number of carbonyl (C=O) groups excluding carboxylic acids is 3. The van der Waals surface area contributed by atoms with Crippen molar-refractivity contribution in [3.8, 4) is 0 Å². The van der Waals surface area contributed by atoms with Crippen LogP contribution in [0.1, 0.15) is 44.2 Å². The van der Waals surface area contributed by atoms with Crippen LogP contribution in [0.2, 0.25) is 0 Å². The summed E-state index contributed by atoms with van der Waals surface area (Å²) in [6, 6.07) is 25.5. The Bertz CT molecular complexity index is 1690. The van der Waals surface area contributed by atoms with Crippen LogP contribution < -0.4 is 11.2 Å². The maximum atomic E-state index is 13.3. The summed E-state index contributed by atoms with van der Waals surface area (Å²) in [5, 5.41) is 0. The van der Waals surface area contributed by atoms with Crippen LogP contribution in [0, 0.1) is 0 Å². The molecule has 4 atom stereocenters. The molecule has 0 bridgehead atoms. The lowest BCUT2D eigenvalue weighted by atomic mass is 9.95. The molecule has 3 aromatic carbocycles. The lowest BCUT2D eigenvalue weighted by Gasteiger charge is -2.34. The summed E-state index contributed by atoms with van der Waals surface area (Å²) >= 11 is 0. The first-order chi connectivity index (χ1) is 20.3. The van der Waals surface area contributed by atoms with E-state index in [1.807, 2.05) is 0 Å². The molecule has 214 valence electrons. The zero-order valence-electron chi connectivity index (χ0n) is 22.4. The Morgan fingerprint density at radius 3 is 1.86 bits per heavy atom. The van der Waals surface area contributed by atoms with Gasteiger partial charge in [0.2, 0.25) is 0 Å². The van der Waals surface area contributed by atoms with Gasteiger partial charge >= 0.3 is 23.6 Å². The number of benzene rings is 3. The maximum absolute atomic E-state index is 13.3. The van der Waals surface area contributed by atoms with Crippen molar-refractivity contribution in [1.82, 2.24) is 9.55 Å². The Hall–Kier alpha value is -5.29. The number of H-pyrrole nitrogens is 1. The first kappa shape index (κ1) is 28.2. The number of aromatic amines is 1. The standard InChI is InChI=1S/C31H26N2O9/c1-31(42-28(37)22-15-9-4-10-16-22)25(41-27(36)21-13-7-3-8-14-21)23(19-39-26(35)20-11-5-2-6-12-20)40-29(31)33-18-17-24(34)32-30(33)38/h2-18,23,25,29H,19H2,1H3,(H,32,34,38)/t23-,25?,29-,31+/m1/s1. The largest absolute Gasteiger partial charge is 0.459 e. The Morgan fingerprint density at radius 2 is 1.31 bits per heavy atom. The normalized spacial score (nSPS) is 21.3. The molecule has 11 heteroatoms. The van der Waals surface area contributed by atoms with Crippen LogP contribution in [0.25, 0.3) is 0 Å². The molecule has 0 radical (unpaired) electrons. The van der Waals surface area contributed by atoms with E-state index in [4.69, 9.17) is 18.9 Å². The number of nitrogens with one attached hydrogen (secondary N) is 1. The summed E-state index contributed by atoms with van der Waals surface area (Å²) in [7, 11) is 0. The average Bonchev–Trinajstić information content (AvgIpc) is 3.27. The highest BCUT2D eigenvalue weighted by Gasteiger charge is 2.60. The van der Waals surface area contributed by atoms with Crippen molar-refractivity contribution in [2.24, 2.45) is 0 Å². The topological polar surface area (TPSA) is 143 Å². The van der Waals surface area contributed by atoms with Crippen LogP contribution in [-0.4, -0.2) is 51.9 Å². The van der Waals surface area contributed by atoms with Gasteiger partial charge in [0, 0.05) is 12.3 Å². The second kappa shape index (κ2) is 12.1. The summed E-state index contributed by atoms with van der Waals surface area (Å²) in [4.78, 5) is 66.2. The highest BCUT2D eigenvalue weighted by Crippen LogP contribution is 2.43. The first-order valence-corrected chi connectivity index (χ1v) is 13.0. The number of aromatic nitrogens is 2. The Morgan fingerprint density at radius 1 is 0.786 bits per heavy atom. The molecule has 2 heterocycles. The molecule has 1 aromatic heterocycles. The van der Waals surface area contributed by atoms with Gasteiger partial charge in [-0.25, -0.2) is 19.2 Å². The molecule has 0 spiro atoms. The number of hydrogen-bond acceptors (Lipinski definition) is 9. The smallest absolute Gasteiger partial charge is 0.338 e. The predicted molar refractivity (Wildman–Crippen MR) is 148 cm³/mol. The van der Waals surface area contributed by atoms with Gasteiger partial charge in [-0.1, -0.05) is 54.6 Å². The van der Waals surface area contributed by atoms with Crippen LogP contribution in [0.4, 0.5) is 0 Å². The highest BCUT2D eigenvalue weighted by molar-refractivity contribution is 5.91. The molecular formula is C31H26N2O9. The van der Waals surface area contributed by atoms with Crippen molar-refractivity contribution >= 4 is 17.9 Å². The van der Waals surface area contributed by atoms with Gasteiger partial charge in [-0.2, -0.15) is 0 Å². The molecule has 5 rings (SSSR count). The summed E-state index contributed by atoms with van der Waals surface area (Å²) in [5.41, 5.74) is -2.68. The molecule has 1 fully saturated rings. The zero-order chi connectivity index (χ0) is 29.7. The molecule has 4 aromatic rings. The Kier molecular flexibility index (Phi) is 8.12. The van der Waals surface area contributed by atoms with Crippen LogP contribution >= 0.6 is 0 Å². The maximum Gasteiger partial charge on any atom is 0.338 e. The van der Waals surface area contributed by atoms with E-state index in [1.54, 1.807) is 78.9 Å². The first-order valence-electron chi connectivity index (χ1n) is 13.0. The van der Waals surface area contributed by atoms with Gasteiger partial charge in [0.25, 0.3) is 5.56 Å². The molecule has 0 aliphatic carbocycles. The van der Waals surface area contributed by atoms with E-state index in [9.17, 15) is 24.0 Å². The molecule has 42 heavy (non-hydrogen) atoms. The molecule has 1 saturated heterocycles. The third-order valence-electron chi connectivity index (χ3n) is 6.75. The summed E-state index contributed by atoms with van der Waals surface area (Å²) in [6.45, 7) is 1.02. The Labute approximate surface area is 239 Å². The molecule has 0 amide bonds. The quantitative estimate of drug-likeness (QED) is 0.250. The van der Waals surface area contributed by atoms with Gasteiger partial charge in [0.15, 0.2) is 17.9 Å². The van der Waals surface area contributed by atoms with Crippen molar-refractivity contribution in [1.29, 1.82) is 0 Å². The number of esters is 3. The lowest BCUT2D eigenvalue weighted by Crippen LogP contribution is -2.52. The van der Waals surface area contributed by atoms with Gasteiger partial charge in [0.1, 0.15) is 12.7 Å². The summed E-state index contributed by atoms with van der Waals surface area (Å²) in [6.07, 6.45) is -2.79. The fraction of sp³-hybridized carbons (Fsp3) is 0.194. The molecular weight excluding hydrogens is 544 g/mol. The molecule has 1 aliphatic heterocycles. The third kappa shape index (κ3) is 5.91. The van der Waals surface area contributed by atoms with Gasteiger partial charge in [0.05, 0.1) is 16.7 Å². The Balaban J connectivity index is 1.54. The van der Waals surface area contributed by atoms with E-state index in [2.05, 4.69) is 4.98 Å². The third-order valence-corrected chi connectivity index (χ3v) is 6.75. The van der Waals surface area contributed by atoms with Gasteiger partial charge in [-0.05, 0) is 43.3 Å². The molecule has 1 unspecified atom stereocenters. The number of carbonyl (C=O) groups is 3. The van der Waals surface area contributed by atoms with Crippen molar-refractivity contribution in [2.75, 3.05) is 6.61 Å². The lowest BCUT2D eigenvalue weighted by molar-refractivity contribution is -0.111. The second-order valence-electron chi connectivity index (χ2n) is 9.64. The van der Waals surface area contributed by atoms with Crippen molar-refractivity contribution in [3.63, 3.8) is 0 Å². The van der Waals surface area contributed by atoms with Gasteiger partial charge < -0.3 is 18.9 Å². The van der Waals surface area contributed by atoms with Crippen LogP contribution in [0.3, 0.4) is 0 Å². The second-order valence-corrected chi connectivity index (χ2v) is 9.64. The number of ether oxygens (including phenoxy) is 4. The molecule has 11 nitrogen and oxygen atoms in total. The molecule has 0 saturated carbocycles. The highest BCUT2D eigenvalue weighted by atomic mass is 16.7. The van der Waals surface area contributed by atoms with Crippen LogP contribution in [0.15, 0.2) is 113 Å². The zero-order valence-corrected chi connectivity index (χ0v) is 22.4. The SMILES string of the molecule is C[C@]1(OC(=O)c2ccccc2)C(OC(=O)c2ccccc2)[C@@H](COC(=O)c2ccccc2)O[C@H]1n1ccc(=O)[nH]c1=O. The van der Waals surface area contributed by atoms with Crippen molar-refractivity contribution in [2.45, 2.75) is 31.0 Å². The van der Waals surface area contributed by atoms with E-state index < -0.39 is 59.8 Å². The fourth-order valence-corrected chi connectivity index (χ4v) is 4.67. The van der Waals surface area contributed by atoms with Crippen LogP contribution in [0.5, 0.6) is 0 Å². The van der Waals surface area contributed by atoms with Crippen molar-refractivity contribution in [3.05, 3.63) is 141 Å². The minimum Gasteiger partial charge on any atom is -0.459 e.